The lowest BCUT2D eigenvalue weighted by Gasteiger charge is -2.24. The van der Waals surface area contributed by atoms with Crippen molar-refractivity contribution < 1.29 is 23.1 Å². The van der Waals surface area contributed by atoms with Crippen LogP contribution in [0.25, 0.3) is 10.9 Å². The molecule has 0 unspecified atom stereocenters. The summed E-state index contributed by atoms with van der Waals surface area (Å²) >= 11 is 6.13. The number of sulfonamides is 1. The number of para-hydroxylation sites is 1. The third-order valence-corrected chi connectivity index (χ3v) is 7.34. The number of benzene rings is 3. The van der Waals surface area contributed by atoms with E-state index < -0.39 is 22.5 Å². The number of carbonyl (C=O) groups excluding carboxylic acids is 1. The van der Waals surface area contributed by atoms with Gasteiger partial charge >= 0.3 is 0 Å². The Bertz CT molecular complexity index is 1530. The number of ether oxygens (including phenoxy) is 1. The van der Waals surface area contributed by atoms with Crippen LogP contribution in [0.2, 0.25) is 5.02 Å². The minimum Gasteiger partial charge on any atom is -0.495 e. The highest BCUT2D eigenvalue weighted by molar-refractivity contribution is 7.92. The van der Waals surface area contributed by atoms with Gasteiger partial charge in [-0.15, -0.1) is 10.2 Å². The minimum atomic E-state index is -4.20. The molecule has 1 amide bonds. The van der Waals surface area contributed by atoms with Crippen molar-refractivity contribution in [3.63, 3.8) is 0 Å². The van der Waals surface area contributed by atoms with E-state index in [1.807, 2.05) is 0 Å². The molecule has 0 radical (unpaired) electrons. The highest BCUT2D eigenvalue weighted by Crippen LogP contribution is 2.38. The van der Waals surface area contributed by atoms with Gasteiger partial charge in [-0.3, -0.25) is 9.10 Å². The maximum atomic E-state index is 13.5. The molecular formula is C24H21ClN4O5S. The van der Waals surface area contributed by atoms with Gasteiger partial charge in [0, 0.05) is 17.5 Å². The van der Waals surface area contributed by atoms with Crippen molar-refractivity contribution in [2.45, 2.75) is 4.90 Å². The molecule has 4 rings (SSSR count). The third-order valence-electron chi connectivity index (χ3n) is 5.33. The smallest absolute Gasteiger partial charge is 0.285 e. The lowest BCUT2D eigenvalue weighted by molar-refractivity contribution is -0.116. The Morgan fingerprint density at radius 2 is 1.77 bits per heavy atom. The van der Waals surface area contributed by atoms with Crippen LogP contribution in [0.15, 0.2) is 87.9 Å². The predicted molar refractivity (Wildman–Crippen MR) is 133 cm³/mol. The van der Waals surface area contributed by atoms with Crippen LogP contribution in [0.1, 0.15) is 0 Å². The van der Waals surface area contributed by atoms with E-state index in [9.17, 15) is 18.3 Å². The number of methoxy groups -OCH3 is 1. The second-order valence-corrected chi connectivity index (χ2v) is 9.78. The molecule has 35 heavy (non-hydrogen) atoms. The number of amides is 1. The molecule has 0 saturated carbocycles. The number of fused-ring (bicyclic) bond motifs is 1. The molecule has 180 valence electrons. The number of carbonyl (C=O) groups is 1. The van der Waals surface area contributed by atoms with Gasteiger partial charge in [0.2, 0.25) is 5.88 Å². The molecule has 0 atom stereocenters. The molecule has 9 nitrogen and oxygen atoms in total. The normalized spacial score (nSPS) is 11.7. The van der Waals surface area contributed by atoms with Gasteiger partial charge in [0.1, 0.15) is 12.3 Å². The molecule has 0 bridgehead atoms. The van der Waals surface area contributed by atoms with Crippen molar-refractivity contribution in [1.82, 2.24) is 4.57 Å². The van der Waals surface area contributed by atoms with Crippen molar-refractivity contribution in [2.24, 2.45) is 17.3 Å². The molecular weight excluding hydrogens is 492 g/mol. The first-order valence-electron chi connectivity index (χ1n) is 10.4. The van der Waals surface area contributed by atoms with Crippen LogP contribution in [0.4, 0.5) is 11.4 Å². The number of aryl methyl sites for hydroxylation is 1. The Hall–Kier alpha value is -3.89. The zero-order valence-corrected chi connectivity index (χ0v) is 20.4. The summed E-state index contributed by atoms with van der Waals surface area (Å²) in [5, 5.41) is 18.9. The quantitative estimate of drug-likeness (QED) is 0.348. The average Bonchev–Trinajstić information content (AvgIpc) is 3.11. The van der Waals surface area contributed by atoms with Crippen molar-refractivity contribution in [3.05, 3.63) is 77.8 Å². The van der Waals surface area contributed by atoms with Gasteiger partial charge in [0.25, 0.3) is 15.9 Å². The first-order chi connectivity index (χ1) is 16.7. The SMILES string of the molecule is COc1ccc(Cl)cc1N(CC(=O)N=Nc1c(O)n(C)c2ccccc12)S(=O)(=O)c1ccccc1. The van der Waals surface area contributed by atoms with E-state index in [1.165, 1.54) is 35.9 Å². The van der Waals surface area contributed by atoms with Crippen molar-refractivity contribution in [3.8, 4) is 11.6 Å². The van der Waals surface area contributed by atoms with Gasteiger partial charge in [-0.25, -0.2) is 8.42 Å². The van der Waals surface area contributed by atoms with Gasteiger partial charge in [0.15, 0.2) is 5.69 Å². The number of rotatable bonds is 7. The summed E-state index contributed by atoms with van der Waals surface area (Å²) in [6.07, 6.45) is 0. The van der Waals surface area contributed by atoms with Gasteiger partial charge in [0.05, 0.1) is 23.2 Å². The summed E-state index contributed by atoms with van der Waals surface area (Å²) < 4.78 is 34.7. The molecule has 0 aliphatic heterocycles. The van der Waals surface area contributed by atoms with E-state index >= 15 is 0 Å². The number of aromatic hydroxyl groups is 1. The molecule has 0 fully saturated rings. The zero-order chi connectivity index (χ0) is 25.2. The fourth-order valence-electron chi connectivity index (χ4n) is 3.60. The van der Waals surface area contributed by atoms with Gasteiger partial charge in [-0.05, 0) is 36.4 Å². The van der Waals surface area contributed by atoms with Crippen LogP contribution in [0.3, 0.4) is 0 Å². The van der Waals surface area contributed by atoms with E-state index in [-0.39, 0.29) is 32.9 Å². The maximum Gasteiger partial charge on any atom is 0.285 e. The Labute approximate surface area is 206 Å². The summed E-state index contributed by atoms with van der Waals surface area (Å²) in [5.41, 5.74) is 0.873. The maximum absolute atomic E-state index is 13.5. The molecule has 0 spiro atoms. The number of anilines is 1. The topological polar surface area (TPSA) is 114 Å². The Morgan fingerprint density at radius 3 is 2.49 bits per heavy atom. The Morgan fingerprint density at radius 1 is 1.09 bits per heavy atom. The minimum absolute atomic E-state index is 0.0292. The molecule has 1 aromatic heterocycles. The van der Waals surface area contributed by atoms with Crippen LogP contribution < -0.4 is 9.04 Å². The summed E-state index contributed by atoms with van der Waals surface area (Å²) in [5.74, 6) is -0.836. The van der Waals surface area contributed by atoms with E-state index in [1.54, 1.807) is 55.6 Å². The lowest BCUT2D eigenvalue weighted by Crippen LogP contribution is -2.35. The number of hydrogen-bond acceptors (Lipinski definition) is 6. The highest BCUT2D eigenvalue weighted by Gasteiger charge is 2.30. The first kappa shape index (κ1) is 24.2. The van der Waals surface area contributed by atoms with Crippen LogP contribution in [0.5, 0.6) is 11.6 Å². The number of hydrogen-bond donors (Lipinski definition) is 1. The fraction of sp³-hybridized carbons (Fsp3) is 0.125. The molecule has 0 aliphatic rings. The monoisotopic (exact) mass is 512 g/mol. The highest BCUT2D eigenvalue weighted by atomic mass is 35.5. The molecule has 1 heterocycles. The van der Waals surface area contributed by atoms with E-state index in [2.05, 4.69) is 10.2 Å². The number of nitrogens with zero attached hydrogens (tertiary/aromatic N) is 4. The van der Waals surface area contributed by atoms with Crippen molar-refractivity contribution in [2.75, 3.05) is 18.0 Å². The van der Waals surface area contributed by atoms with Gasteiger partial charge in [-0.2, -0.15) is 0 Å². The standard InChI is InChI=1S/C24H21ClN4O5S/c1-28-19-11-7-6-10-18(19)23(24(28)31)27-26-22(30)15-29(20-14-16(25)12-13-21(20)34-2)35(32,33)17-8-4-3-5-9-17/h3-14,31H,15H2,1-2H3. The molecule has 0 saturated heterocycles. The zero-order valence-electron chi connectivity index (χ0n) is 18.8. The first-order valence-corrected chi connectivity index (χ1v) is 12.2. The molecule has 3 aromatic carbocycles. The van der Waals surface area contributed by atoms with Crippen LogP contribution >= 0.6 is 11.6 Å². The number of halogens is 1. The summed E-state index contributed by atoms with van der Waals surface area (Å²) in [6, 6.07) is 19.2. The van der Waals surface area contributed by atoms with Crippen LogP contribution in [0, 0.1) is 0 Å². The van der Waals surface area contributed by atoms with Crippen LogP contribution in [-0.2, 0) is 21.9 Å². The predicted octanol–water partition coefficient (Wildman–Crippen LogP) is 5.05. The van der Waals surface area contributed by atoms with Gasteiger partial charge < -0.3 is 14.4 Å². The second kappa shape index (κ2) is 9.77. The van der Waals surface area contributed by atoms with Crippen molar-refractivity contribution >= 4 is 49.8 Å². The average molecular weight is 513 g/mol. The summed E-state index contributed by atoms with van der Waals surface area (Å²) in [7, 11) is -1.17. The second-order valence-electron chi connectivity index (χ2n) is 7.48. The Balaban J connectivity index is 1.74. The summed E-state index contributed by atoms with van der Waals surface area (Å²) in [4.78, 5) is 12.9. The molecule has 0 aliphatic carbocycles. The molecule has 1 N–H and O–H groups in total. The van der Waals surface area contributed by atoms with Crippen LogP contribution in [-0.4, -0.2) is 37.7 Å². The van der Waals surface area contributed by atoms with Gasteiger partial charge in [-0.1, -0.05) is 48.0 Å². The summed E-state index contributed by atoms with van der Waals surface area (Å²) in [6.45, 7) is -0.678. The number of azo groups is 1. The van der Waals surface area contributed by atoms with E-state index in [0.29, 0.717) is 10.9 Å². The van der Waals surface area contributed by atoms with E-state index in [4.69, 9.17) is 16.3 Å². The van der Waals surface area contributed by atoms with E-state index in [0.717, 1.165) is 4.31 Å². The molecule has 4 aromatic rings. The molecule has 11 heteroatoms. The fourth-order valence-corrected chi connectivity index (χ4v) is 5.20. The number of aromatic nitrogens is 1. The Kier molecular flexibility index (Phi) is 6.77. The largest absolute Gasteiger partial charge is 0.495 e. The lowest BCUT2D eigenvalue weighted by atomic mass is 10.2. The third kappa shape index (κ3) is 4.71. The van der Waals surface area contributed by atoms with Crippen molar-refractivity contribution in [1.29, 1.82) is 0 Å².